The normalized spacial score (nSPS) is 18.1. The van der Waals surface area contributed by atoms with Crippen LogP contribution in [-0.2, 0) is 12.8 Å². The highest BCUT2D eigenvalue weighted by Crippen LogP contribution is 2.33. The van der Waals surface area contributed by atoms with Gasteiger partial charge in [0.25, 0.3) is 0 Å². The van der Waals surface area contributed by atoms with E-state index < -0.39 is 5.97 Å². The van der Waals surface area contributed by atoms with Gasteiger partial charge in [0.15, 0.2) is 0 Å². The van der Waals surface area contributed by atoms with Gasteiger partial charge in [-0.15, -0.1) is 0 Å². The molecule has 0 fully saturated rings. The molecule has 0 saturated carbocycles. The molecule has 1 atom stereocenters. The van der Waals surface area contributed by atoms with E-state index in [0.717, 1.165) is 29.7 Å². The van der Waals surface area contributed by atoms with Crippen molar-refractivity contribution < 1.29 is 9.90 Å². The van der Waals surface area contributed by atoms with Crippen LogP contribution in [0.25, 0.3) is 10.9 Å². The van der Waals surface area contributed by atoms with Crippen LogP contribution in [0, 0.1) is 5.92 Å². The molecule has 0 saturated heterocycles. The number of fused-ring (bicyclic) bond motifs is 3. The monoisotopic (exact) mass is 299 g/mol. The Labute approximate surface area is 131 Å². The number of aromatic nitrogens is 1. The maximum Gasteiger partial charge on any atom is 0.337 e. The lowest BCUT2D eigenvalue weighted by Gasteiger charge is -2.13. The van der Waals surface area contributed by atoms with Gasteiger partial charge in [-0.1, -0.05) is 44.7 Å². The molecule has 1 aliphatic carbocycles. The van der Waals surface area contributed by atoms with Crippen LogP contribution < -0.4 is 0 Å². The van der Waals surface area contributed by atoms with E-state index in [1.807, 2.05) is 6.07 Å². The summed E-state index contributed by atoms with van der Waals surface area (Å²) in [5.41, 5.74) is 3.85. The molecule has 0 spiro atoms. The number of benzene rings is 1. The van der Waals surface area contributed by atoms with Gasteiger partial charge >= 0.3 is 5.97 Å². The summed E-state index contributed by atoms with van der Waals surface area (Å²) in [4.78, 5) is 14.9. The zero-order valence-corrected chi connectivity index (χ0v) is 13.3. The minimum atomic E-state index is -0.846. The summed E-state index contributed by atoms with van der Waals surface area (Å²) < 4.78 is 0. The molecule has 0 bridgehead atoms. The molecule has 3 nitrogen and oxygen atoms in total. The first-order chi connectivity index (χ1) is 10.7. The molecule has 0 amide bonds. The Morgan fingerprint density at radius 3 is 3.00 bits per heavy atom. The van der Waals surface area contributed by atoms with E-state index in [1.165, 1.54) is 49.8 Å². The maximum atomic E-state index is 11.4. The third-order valence-electron chi connectivity index (χ3n) is 5.01. The van der Waals surface area contributed by atoms with E-state index in [2.05, 4.69) is 18.0 Å². The molecular weight excluding hydrogens is 274 g/mol. The lowest BCUT2D eigenvalue weighted by molar-refractivity contribution is 0.0699. The van der Waals surface area contributed by atoms with E-state index >= 15 is 0 Å². The molecule has 1 aromatic heterocycles. The van der Waals surface area contributed by atoms with Gasteiger partial charge in [-0.05, 0) is 43.2 Å². The number of nitrogens with one attached hydrogen (secondary N) is 1. The second-order valence-electron chi connectivity index (χ2n) is 6.57. The van der Waals surface area contributed by atoms with Gasteiger partial charge in [0.1, 0.15) is 0 Å². The maximum absolute atomic E-state index is 11.4. The Balaban J connectivity index is 1.91. The predicted octanol–water partition coefficient (Wildman–Crippen LogP) is 4.94. The molecule has 1 unspecified atom stereocenters. The molecule has 2 aromatic rings. The number of hydrogen-bond donors (Lipinski definition) is 2. The third kappa shape index (κ3) is 2.90. The van der Waals surface area contributed by atoms with Crippen LogP contribution >= 0.6 is 0 Å². The van der Waals surface area contributed by atoms with Gasteiger partial charge in [-0.2, -0.15) is 0 Å². The van der Waals surface area contributed by atoms with E-state index in [0.29, 0.717) is 5.56 Å². The van der Waals surface area contributed by atoms with Crippen molar-refractivity contribution in [3.63, 3.8) is 0 Å². The van der Waals surface area contributed by atoms with Crippen molar-refractivity contribution >= 4 is 16.9 Å². The minimum absolute atomic E-state index is 0.396. The lowest BCUT2D eigenvalue weighted by atomic mass is 9.93. The Bertz CT molecular complexity index is 671. The smallest absolute Gasteiger partial charge is 0.337 e. The summed E-state index contributed by atoms with van der Waals surface area (Å²) in [6, 6.07) is 5.62. The van der Waals surface area contributed by atoms with Crippen molar-refractivity contribution in [2.75, 3.05) is 0 Å². The number of rotatable bonds is 5. The number of carbonyl (C=O) groups is 1. The van der Waals surface area contributed by atoms with E-state index in [1.54, 1.807) is 6.07 Å². The van der Waals surface area contributed by atoms with E-state index in [-0.39, 0.29) is 0 Å². The molecule has 3 rings (SSSR count). The average molecular weight is 299 g/mol. The summed E-state index contributed by atoms with van der Waals surface area (Å²) in [6.07, 6.45) is 9.87. The Kier molecular flexibility index (Phi) is 4.51. The summed E-state index contributed by atoms with van der Waals surface area (Å²) in [5.74, 6) is -0.101. The molecule has 3 heteroatoms. The van der Waals surface area contributed by atoms with Gasteiger partial charge in [-0.25, -0.2) is 4.79 Å². The summed E-state index contributed by atoms with van der Waals surface area (Å²) in [5, 5.41) is 10.5. The Hall–Kier alpha value is -1.77. The van der Waals surface area contributed by atoms with Crippen LogP contribution in [0.5, 0.6) is 0 Å². The molecule has 1 heterocycles. The van der Waals surface area contributed by atoms with Crippen LogP contribution in [-0.4, -0.2) is 16.1 Å². The number of carboxylic acid groups (broad SMARTS) is 1. The highest BCUT2D eigenvalue weighted by Gasteiger charge is 2.22. The van der Waals surface area contributed by atoms with Crippen LogP contribution in [0.15, 0.2) is 18.2 Å². The standard InChI is InChI=1S/C19H25NO2/c1-2-3-4-7-13-8-5-9-14-15-10-6-11-16(19(21)22)18(15)20-17(14)12-13/h6,10-11,13,20H,2-5,7-9,12H2,1H3,(H,21,22). The van der Waals surface area contributed by atoms with Gasteiger partial charge in [0.05, 0.1) is 11.1 Å². The molecule has 0 aliphatic heterocycles. The zero-order valence-electron chi connectivity index (χ0n) is 13.3. The predicted molar refractivity (Wildman–Crippen MR) is 89.5 cm³/mol. The van der Waals surface area contributed by atoms with E-state index in [4.69, 9.17) is 0 Å². The number of carboxylic acids is 1. The number of H-pyrrole nitrogens is 1. The SMILES string of the molecule is CCCCCC1CCCc2c([nH]c3c(C(=O)O)cccc23)C1. The first kappa shape index (κ1) is 15.1. The lowest BCUT2D eigenvalue weighted by Crippen LogP contribution is -2.04. The number of aromatic carboxylic acids is 1. The van der Waals surface area contributed by atoms with Crippen LogP contribution in [0.4, 0.5) is 0 Å². The third-order valence-corrected chi connectivity index (χ3v) is 5.01. The summed E-state index contributed by atoms with van der Waals surface area (Å²) in [7, 11) is 0. The topological polar surface area (TPSA) is 53.1 Å². The molecule has 0 radical (unpaired) electrons. The molecule has 1 aromatic carbocycles. The van der Waals surface area contributed by atoms with Crippen LogP contribution in [0.1, 0.15) is 67.1 Å². The van der Waals surface area contributed by atoms with Crippen molar-refractivity contribution in [3.8, 4) is 0 Å². The number of hydrogen-bond acceptors (Lipinski definition) is 1. The van der Waals surface area contributed by atoms with Gasteiger partial charge < -0.3 is 10.1 Å². The fraction of sp³-hybridized carbons (Fsp3) is 0.526. The number of para-hydroxylation sites is 1. The molecular formula is C19H25NO2. The quantitative estimate of drug-likeness (QED) is 0.607. The first-order valence-corrected chi connectivity index (χ1v) is 8.56. The molecule has 22 heavy (non-hydrogen) atoms. The highest BCUT2D eigenvalue weighted by atomic mass is 16.4. The van der Waals surface area contributed by atoms with Gasteiger partial charge in [0, 0.05) is 11.1 Å². The second kappa shape index (κ2) is 6.55. The number of aryl methyl sites for hydroxylation is 1. The van der Waals surface area contributed by atoms with Gasteiger partial charge in [0.2, 0.25) is 0 Å². The summed E-state index contributed by atoms with van der Waals surface area (Å²) >= 11 is 0. The Morgan fingerprint density at radius 1 is 1.36 bits per heavy atom. The molecule has 2 N–H and O–H groups in total. The fourth-order valence-electron chi connectivity index (χ4n) is 3.85. The second-order valence-corrected chi connectivity index (χ2v) is 6.57. The number of unbranched alkanes of at least 4 members (excludes halogenated alkanes) is 2. The summed E-state index contributed by atoms with van der Waals surface area (Å²) in [6.45, 7) is 2.25. The average Bonchev–Trinajstić information content (AvgIpc) is 2.72. The zero-order chi connectivity index (χ0) is 15.5. The van der Waals surface area contributed by atoms with Crippen molar-refractivity contribution in [2.45, 2.75) is 58.3 Å². The van der Waals surface area contributed by atoms with Crippen LogP contribution in [0.2, 0.25) is 0 Å². The first-order valence-electron chi connectivity index (χ1n) is 8.56. The largest absolute Gasteiger partial charge is 0.478 e. The number of aromatic amines is 1. The Morgan fingerprint density at radius 2 is 2.23 bits per heavy atom. The highest BCUT2D eigenvalue weighted by molar-refractivity contribution is 6.03. The van der Waals surface area contributed by atoms with Crippen LogP contribution in [0.3, 0.4) is 0 Å². The van der Waals surface area contributed by atoms with Crippen molar-refractivity contribution in [1.29, 1.82) is 0 Å². The van der Waals surface area contributed by atoms with Crippen molar-refractivity contribution in [2.24, 2.45) is 5.92 Å². The minimum Gasteiger partial charge on any atom is -0.478 e. The molecule has 1 aliphatic rings. The van der Waals surface area contributed by atoms with Crippen molar-refractivity contribution in [3.05, 3.63) is 35.0 Å². The van der Waals surface area contributed by atoms with E-state index in [9.17, 15) is 9.90 Å². The fourth-order valence-corrected chi connectivity index (χ4v) is 3.85. The van der Waals surface area contributed by atoms with Gasteiger partial charge in [-0.3, -0.25) is 0 Å². The molecule has 118 valence electrons. The van der Waals surface area contributed by atoms with Crippen molar-refractivity contribution in [1.82, 2.24) is 4.98 Å².